The predicted octanol–water partition coefficient (Wildman–Crippen LogP) is 4.58. The molecule has 0 spiro atoms. The molecule has 1 aliphatic heterocycles. The van der Waals surface area contributed by atoms with Gasteiger partial charge < -0.3 is 5.32 Å². The first-order valence-corrected chi connectivity index (χ1v) is 11.3. The molecule has 30 heavy (non-hydrogen) atoms. The van der Waals surface area contributed by atoms with Crippen molar-refractivity contribution in [2.75, 3.05) is 5.32 Å². The first kappa shape index (κ1) is 20.6. The fraction of sp³-hybridized carbons (Fsp3) is 0.174. The van der Waals surface area contributed by atoms with Crippen LogP contribution in [0.4, 0.5) is 5.69 Å². The number of hydrogen-bond donors (Lipinski definition) is 2. The zero-order valence-corrected chi connectivity index (χ0v) is 18.1. The van der Waals surface area contributed by atoms with Crippen molar-refractivity contribution in [1.82, 2.24) is 4.72 Å². The molecule has 1 heterocycles. The molecule has 0 fully saturated rings. The molecule has 0 radical (unpaired) electrons. The van der Waals surface area contributed by atoms with Crippen molar-refractivity contribution in [2.45, 2.75) is 30.2 Å². The Balaban J connectivity index is 1.88. The zero-order chi connectivity index (χ0) is 21.5. The molecule has 0 saturated carbocycles. The summed E-state index contributed by atoms with van der Waals surface area (Å²) in [5.74, 6) is -0.291. The minimum Gasteiger partial charge on any atom is -0.325 e. The Labute approximate surface area is 181 Å². The normalized spacial score (nSPS) is 19.2. The highest BCUT2D eigenvalue weighted by atomic mass is 35.5. The van der Waals surface area contributed by atoms with E-state index >= 15 is 0 Å². The van der Waals surface area contributed by atoms with E-state index in [0.29, 0.717) is 21.8 Å². The number of fused-ring (bicyclic) bond motifs is 1. The Kier molecular flexibility index (Phi) is 5.18. The van der Waals surface area contributed by atoms with Crippen LogP contribution >= 0.6 is 11.6 Å². The molecule has 0 unspecified atom stereocenters. The van der Waals surface area contributed by atoms with Crippen molar-refractivity contribution in [2.24, 2.45) is 0 Å². The van der Waals surface area contributed by atoms with Gasteiger partial charge in [-0.15, -0.1) is 0 Å². The summed E-state index contributed by atoms with van der Waals surface area (Å²) in [5, 5.41) is 3.26. The Bertz CT molecular complexity index is 1230. The van der Waals surface area contributed by atoms with Crippen LogP contribution in [0.5, 0.6) is 0 Å². The molecule has 4 rings (SSSR count). The van der Waals surface area contributed by atoms with E-state index < -0.39 is 21.5 Å². The van der Waals surface area contributed by atoms with Gasteiger partial charge in [0, 0.05) is 10.7 Å². The zero-order valence-electron chi connectivity index (χ0n) is 16.5. The van der Waals surface area contributed by atoms with Crippen LogP contribution in [0.15, 0.2) is 77.7 Å². The first-order chi connectivity index (χ1) is 14.2. The minimum atomic E-state index is -3.93. The Morgan fingerprint density at radius 3 is 2.30 bits per heavy atom. The highest BCUT2D eigenvalue weighted by Crippen LogP contribution is 2.47. The van der Waals surface area contributed by atoms with Gasteiger partial charge in [0.1, 0.15) is 0 Å². The number of carbonyl (C=O) groups excluding carboxylic acids is 1. The summed E-state index contributed by atoms with van der Waals surface area (Å²) in [7, 11) is -3.93. The number of amides is 1. The topological polar surface area (TPSA) is 75.3 Å². The van der Waals surface area contributed by atoms with E-state index in [2.05, 4.69) is 10.0 Å². The molecule has 7 heteroatoms. The fourth-order valence-electron chi connectivity index (χ4n) is 3.85. The van der Waals surface area contributed by atoms with Crippen molar-refractivity contribution >= 4 is 33.2 Å². The van der Waals surface area contributed by atoms with E-state index in [9.17, 15) is 13.2 Å². The molecule has 3 aromatic rings. The van der Waals surface area contributed by atoms with E-state index in [0.717, 1.165) is 5.56 Å². The second-order valence-corrected chi connectivity index (χ2v) is 9.71. The summed E-state index contributed by atoms with van der Waals surface area (Å²) in [6.45, 7) is 3.62. The molecule has 3 aromatic carbocycles. The van der Waals surface area contributed by atoms with Crippen molar-refractivity contribution in [3.63, 3.8) is 0 Å². The van der Waals surface area contributed by atoms with Crippen molar-refractivity contribution in [3.8, 4) is 0 Å². The SMILES string of the molecule is Cc1ccc(S(=O)(=O)N[C@@H](c2ccccc2Cl)[C@@]2(C)C(=O)Nc3ccccc32)cc1. The Hall–Kier alpha value is -2.67. The van der Waals surface area contributed by atoms with E-state index in [1.54, 1.807) is 61.5 Å². The number of nitrogens with one attached hydrogen (secondary N) is 2. The fourth-order valence-corrected chi connectivity index (χ4v) is 5.40. The second kappa shape index (κ2) is 7.54. The molecule has 5 nitrogen and oxygen atoms in total. The molecule has 2 N–H and O–H groups in total. The summed E-state index contributed by atoms with van der Waals surface area (Å²) in [4.78, 5) is 13.3. The lowest BCUT2D eigenvalue weighted by Crippen LogP contribution is -2.46. The number of aryl methyl sites for hydroxylation is 1. The average molecular weight is 441 g/mol. The van der Waals surface area contributed by atoms with Crippen molar-refractivity contribution in [1.29, 1.82) is 0 Å². The lowest BCUT2D eigenvalue weighted by atomic mass is 9.74. The predicted molar refractivity (Wildman–Crippen MR) is 118 cm³/mol. The van der Waals surface area contributed by atoms with Gasteiger partial charge in [-0.05, 0) is 49.2 Å². The molecule has 0 aromatic heterocycles. The maximum absolute atomic E-state index is 13.3. The maximum atomic E-state index is 13.3. The first-order valence-electron chi connectivity index (χ1n) is 9.48. The van der Waals surface area contributed by atoms with Gasteiger partial charge in [0.25, 0.3) is 0 Å². The molecule has 0 saturated heterocycles. The van der Waals surface area contributed by atoms with E-state index in [-0.39, 0.29) is 10.8 Å². The van der Waals surface area contributed by atoms with Crippen LogP contribution < -0.4 is 10.0 Å². The number of hydrogen-bond acceptors (Lipinski definition) is 3. The Morgan fingerprint density at radius 1 is 0.967 bits per heavy atom. The largest absolute Gasteiger partial charge is 0.325 e. The number of anilines is 1. The molecule has 1 aliphatic rings. The van der Waals surface area contributed by atoms with Crippen LogP contribution in [-0.2, 0) is 20.2 Å². The molecule has 1 amide bonds. The molecular weight excluding hydrogens is 420 g/mol. The summed E-state index contributed by atoms with van der Waals surface area (Å²) in [6, 6.07) is 19.9. The van der Waals surface area contributed by atoms with Gasteiger partial charge in [0.05, 0.1) is 16.4 Å². The number of para-hydroxylation sites is 1. The highest BCUT2D eigenvalue weighted by molar-refractivity contribution is 7.89. The van der Waals surface area contributed by atoms with Crippen LogP contribution in [0.3, 0.4) is 0 Å². The lowest BCUT2D eigenvalue weighted by molar-refractivity contribution is -0.121. The smallest absolute Gasteiger partial charge is 0.241 e. The number of rotatable bonds is 5. The van der Waals surface area contributed by atoms with Gasteiger partial charge in [-0.3, -0.25) is 4.79 Å². The van der Waals surface area contributed by atoms with Gasteiger partial charge >= 0.3 is 0 Å². The molecule has 2 atom stereocenters. The van der Waals surface area contributed by atoms with Crippen molar-refractivity contribution in [3.05, 3.63) is 94.5 Å². The van der Waals surface area contributed by atoms with E-state index in [4.69, 9.17) is 11.6 Å². The van der Waals surface area contributed by atoms with Gasteiger partial charge in [0.15, 0.2) is 0 Å². The third kappa shape index (κ3) is 3.41. The van der Waals surface area contributed by atoms with Gasteiger partial charge in [-0.25, -0.2) is 13.1 Å². The van der Waals surface area contributed by atoms with Crippen molar-refractivity contribution < 1.29 is 13.2 Å². The van der Waals surface area contributed by atoms with Gasteiger partial charge in [0.2, 0.25) is 15.9 Å². The Morgan fingerprint density at radius 2 is 1.60 bits per heavy atom. The number of carbonyl (C=O) groups is 1. The van der Waals surface area contributed by atoms with Crippen LogP contribution in [0, 0.1) is 6.92 Å². The number of halogens is 1. The monoisotopic (exact) mass is 440 g/mol. The molecular formula is C23H21ClN2O3S. The van der Waals surface area contributed by atoms with E-state index in [1.807, 2.05) is 25.1 Å². The average Bonchev–Trinajstić information content (AvgIpc) is 2.98. The summed E-state index contributed by atoms with van der Waals surface area (Å²) >= 11 is 6.46. The number of sulfonamides is 1. The minimum absolute atomic E-state index is 0.125. The number of benzene rings is 3. The molecule has 0 aliphatic carbocycles. The van der Waals surface area contributed by atoms with Crippen LogP contribution in [0.25, 0.3) is 0 Å². The van der Waals surface area contributed by atoms with Gasteiger partial charge in [-0.2, -0.15) is 0 Å². The summed E-state index contributed by atoms with van der Waals surface area (Å²) in [6.07, 6.45) is 0. The third-order valence-corrected chi connectivity index (χ3v) is 7.39. The summed E-state index contributed by atoms with van der Waals surface area (Å²) < 4.78 is 29.3. The van der Waals surface area contributed by atoms with Gasteiger partial charge in [-0.1, -0.05) is 65.7 Å². The quantitative estimate of drug-likeness (QED) is 0.609. The third-order valence-electron chi connectivity index (χ3n) is 5.60. The lowest BCUT2D eigenvalue weighted by Gasteiger charge is -2.34. The van der Waals surface area contributed by atoms with Crippen LogP contribution in [0.1, 0.15) is 29.7 Å². The maximum Gasteiger partial charge on any atom is 0.241 e. The second-order valence-electron chi connectivity index (χ2n) is 7.59. The standard InChI is InChI=1S/C23H21ClN2O3S/c1-15-11-13-16(14-12-15)30(28,29)26-21(17-7-3-5-9-19(17)24)23(2)18-8-4-6-10-20(18)25-22(23)27/h3-14,21,26H,1-2H3,(H,25,27)/t21-,23-/m0/s1. The summed E-state index contributed by atoms with van der Waals surface area (Å²) in [5.41, 5.74) is 1.67. The molecule has 0 bridgehead atoms. The molecule has 154 valence electrons. The highest BCUT2D eigenvalue weighted by Gasteiger charge is 2.51. The van der Waals surface area contributed by atoms with Crippen LogP contribution in [-0.4, -0.2) is 14.3 Å². The van der Waals surface area contributed by atoms with E-state index in [1.165, 1.54) is 0 Å². The van der Waals surface area contributed by atoms with Crippen LogP contribution in [0.2, 0.25) is 5.02 Å².